The summed E-state index contributed by atoms with van der Waals surface area (Å²) in [5.41, 5.74) is 4.26. The molecule has 2 heterocycles. The largest absolute Gasteiger partial charge is 0.323 e. The molecule has 0 aromatic carbocycles. The van der Waals surface area contributed by atoms with Gasteiger partial charge in [0, 0.05) is 30.0 Å². The first-order chi connectivity index (χ1) is 8.63. The molecular formula is C9H11N5O2S2. The van der Waals surface area contributed by atoms with Crippen molar-refractivity contribution in [1.29, 1.82) is 0 Å². The fourth-order valence-corrected chi connectivity index (χ4v) is 3.03. The Kier molecular flexibility index (Phi) is 3.87. The Morgan fingerprint density at radius 2 is 2.17 bits per heavy atom. The van der Waals surface area contributed by atoms with Gasteiger partial charge in [0.05, 0.1) is 11.2 Å². The van der Waals surface area contributed by atoms with E-state index in [-0.39, 0.29) is 11.4 Å². The number of nitrogen functional groups attached to an aromatic ring is 1. The summed E-state index contributed by atoms with van der Waals surface area (Å²) >= 11 is 1.37. The minimum atomic E-state index is -3.66. The number of thiazole rings is 1. The van der Waals surface area contributed by atoms with Crippen molar-refractivity contribution in [2.24, 2.45) is 5.84 Å². The Hall–Kier alpha value is -1.55. The van der Waals surface area contributed by atoms with Crippen molar-refractivity contribution < 1.29 is 8.42 Å². The monoisotopic (exact) mass is 285 g/mol. The van der Waals surface area contributed by atoms with Crippen molar-refractivity contribution in [1.82, 2.24) is 14.7 Å². The average molecular weight is 285 g/mol. The number of pyridine rings is 1. The predicted molar refractivity (Wildman–Crippen MR) is 68.2 cm³/mol. The van der Waals surface area contributed by atoms with Crippen LogP contribution in [0.5, 0.6) is 0 Å². The van der Waals surface area contributed by atoms with Crippen LogP contribution in [0.2, 0.25) is 0 Å². The summed E-state index contributed by atoms with van der Waals surface area (Å²) in [6, 6.07) is 1.49. The first kappa shape index (κ1) is 12.9. The highest BCUT2D eigenvalue weighted by molar-refractivity contribution is 7.89. The summed E-state index contributed by atoms with van der Waals surface area (Å²) in [6.07, 6.45) is 4.31. The standard InChI is InChI=1S/C9H11N5O2S2/c10-14-8-1-2-11-5-9(8)18(15,16)13-4-7-3-12-6-17-7/h1-3,5-6,13H,4,10H2,(H,11,14). The van der Waals surface area contributed by atoms with E-state index in [1.807, 2.05) is 0 Å². The van der Waals surface area contributed by atoms with Crippen molar-refractivity contribution in [2.45, 2.75) is 11.4 Å². The Labute approximate surface area is 108 Å². The second-order valence-corrected chi connectivity index (χ2v) is 6.01. The second kappa shape index (κ2) is 5.40. The lowest BCUT2D eigenvalue weighted by Crippen LogP contribution is -2.24. The normalized spacial score (nSPS) is 11.4. The number of rotatable bonds is 5. The molecule has 18 heavy (non-hydrogen) atoms. The highest BCUT2D eigenvalue weighted by Gasteiger charge is 2.18. The van der Waals surface area contributed by atoms with E-state index >= 15 is 0 Å². The summed E-state index contributed by atoms with van der Waals surface area (Å²) < 4.78 is 26.5. The molecule has 0 saturated carbocycles. The van der Waals surface area contributed by atoms with Crippen LogP contribution in [0.3, 0.4) is 0 Å². The van der Waals surface area contributed by atoms with Gasteiger partial charge in [0.2, 0.25) is 10.0 Å². The first-order valence-corrected chi connectivity index (χ1v) is 7.27. The van der Waals surface area contributed by atoms with Gasteiger partial charge in [-0.1, -0.05) is 0 Å². The molecule has 2 aromatic heterocycles. The molecule has 9 heteroatoms. The van der Waals surface area contributed by atoms with E-state index in [0.29, 0.717) is 5.69 Å². The third-order valence-electron chi connectivity index (χ3n) is 2.15. The molecule has 0 aliphatic rings. The molecule has 0 fully saturated rings. The Morgan fingerprint density at radius 1 is 1.33 bits per heavy atom. The number of hydrazine groups is 1. The van der Waals surface area contributed by atoms with Gasteiger partial charge in [-0.15, -0.1) is 11.3 Å². The lowest BCUT2D eigenvalue weighted by molar-refractivity contribution is 0.581. The van der Waals surface area contributed by atoms with E-state index in [2.05, 4.69) is 20.1 Å². The third-order valence-corrected chi connectivity index (χ3v) is 4.36. The number of nitrogens with one attached hydrogen (secondary N) is 2. The fraction of sp³-hybridized carbons (Fsp3) is 0.111. The van der Waals surface area contributed by atoms with Gasteiger partial charge in [0.25, 0.3) is 0 Å². The van der Waals surface area contributed by atoms with Crippen LogP contribution in [0.1, 0.15) is 4.88 Å². The van der Waals surface area contributed by atoms with Gasteiger partial charge in [-0.25, -0.2) is 13.1 Å². The highest BCUT2D eigenvalue weighted by atomic mass is 32.2. The van der Waals surface area contributed by atoms with Crippen LogP contribution in [0.4, 0.5) is 5.69 Å². The molecule has 0 radical (unpaired) electrons. The van der Waals surface area contributed by atoms with Crippen LogP contribution in [0.15, 0.2) is 35.1 Å². The molecule has 0 unspecified atom stereocenters. The van der Waals surface area contributed by atoms with Crippen LogP contribution in [-0.4, -0.2) is 18.4 Å². The van der Waals surface area contributed by atoms with E-state index in [0.717, 1.165) is 4.88 Å². The van der Waals surface area contributed by atoms with E-state index in [4.69, 9.17) is 5.84 Å². The molecular weight excluding hydrogens is 274 g/mol. The summed E-state index contributed by atoms with van der Waals surface area (Å²) in [5.74, 6) is 5.26. The number of hydrogen-bond acceptors (Lipinski definition) is 7. The smallest absolute Gasteiger partial charge is 0.244 e. The first-order valence-electron chi connectivity index (χ1n) is 4.91. The highest BCUT2D eigenvalue weighted by Crippen LogP contribution is 2.18. The lowest BCUT2D eigenvalue weighted by Gasteiger charge is -2.09. The summed E-state index contributed by atoms with van der Waals surface area (Å²) in [6.45, 7) is 0.186. The number of hydrogen-bond donors (Lipinski definition) is 3. The van der Waals surface area contributed by atoms with E-state index in [1.54, 1.807) is 11.7 Å². The second-order valence-electron chi connectivity index (χ2n) is 3.31. The van der Waals surface area contributed by atoms with Crippen LogP contribution in [-0.2, 0) is 16.6 Å². The van der Waals surface area contributed by atoms with Crippen LogP contribution in [0, 0.1) is 0 Å². The summed E-state index contributed by atoms with van der Waals surface area (Å²) in [5, 5.41) is 0. The minimum Gasteiger partial charge on any atom is -0.323 e. The molecule has 2 rings (SSSR count). The molecule has 0 spiro atoms. The van der Waals surface area contributed by atoms with E-state index in [9.17, 15) is 8.42 Å². The molecule has 0 amide bonds. The number of aromatic nitrogens is 2. The van der Waals surface area contributed by atoms with Crippen molar-refractivity contribution >= 4 is 27.0 Å². The van der Waals surface area contributed by atoms with Crippen LogP contribution in [0.25, 0.3) is 0 Å². The van der Waals surface area contributed by atoms with Gasteiger partial charge in [0.1, 0.15) is 4.90 Å². The molecule has 0 atom stereocenters. The molecule has 0 aliphatic carbocycles. The molecule has 7 nitrogen and oxygen atoms in total. The Balaban J connectivity index is 2.20. The summed E-state index contributed by atoms with van der Waals surface area (Å²) in [4.78, 5) is 8.48. The van der Waals surface area contributed by atoms with Gasteiger partial charge in [-0.05, 0) is 6.07 Å². The maximum absolute atomic E-state index is 12.0. The minimum absolute atomic E-state index is 0.0111. The summed E-state index contributed by atoms with van der Waals surface area (Å²) in [7, 11) is -3.66. The number of nitrogens with two attached hydrogens (primary N) is 1. The van der Waals surface area contributed by atoms with Crippen molar-refractivity contribution in [3.63, 3.8) is 0 Å². The van der Waals surface area contributed by atoms with Gasteiger partial charge >= 0.3 is 0 Å². The fourth-order valence-electron chi connectivity index (χ4n) is 1.29. The Bertz CT molecular complexity index is 612. The zero-order chi connectivity index (χ0) is 13.0. The maximum Gasteiger partial charge on any atom is 0.244 e. The zero-order valence-electron chi connectivity index (χ0n) is 9.20. The molecule has 4 N–H and O–H groups in total. The number of anilines is 1. The molecule has 96 valence electrons. The third kappa shape index (κ3) is 2.82. The average Bonchev–Trinajstić information content (AvgIpc) is 2.89. The number of sulfonamides is 1. The Morgan fingerprint density at radius 3 is 2.83 bits per heavy atom. The molecule has 0 bridgehead atoms. The van der Waals surface area contributed by atoms with Crippen molar-refractivity contribution in [2.75, 3.05) is 5.43 Å². The van der Waals surface area contributed by atoms with Gasteiger partial charge < -0.3 is 5.43 Å². The predicted octanol–water partition coefficient (Wildman–Crippen LogP) is 0.302. The maximum atomic E-state index is 12.0. The van der Waals surface area contributed by atoms with E-state index < -0.39 is 10.0 Å². The number of nitrogens with zero attached hydrogens (tertiary/aromatic N) is 2. The molecule has 2 aromatic rings. The van der Waals surface area contributed by atoms with Crippen molar-refractivity contribution in [3.05, 3.63) is 35.0 Å². The lowest BCUT2D eigenvalue weighted by atomic mass is 10.4. The topological polar surface area (TPSA) is 110 Å². The quantitative estimate of drug-likeness (QED) is 0.538. The van der Waals surface area contributed by atoms with Crippen molar-refractivity contribution in [3.8, 4) is 0 Å². The van der Waals surface area contributed by atoms with Crippen LogP contribution < -0.4 is 16.0 Å². The van der Waals surface area contributed by atoms with Gasteiger partial charge in [0.15, 0.2) is 0 Å². The SMILES string of the molecule is NNc1ccncc1S(=O)(=O)NCc1cncs1. The van der Waals surface area contributed by atoms with E-state index in [1.165, 1.54) is 29.8 Å². The molecule has 0 saturated heterocycles. The zero-order valence-corrected chi connectivity index (χ0v) is 10.8. The molecule has 0 aliphatic heterocycles. The van der Waals surface area contributed by atoms with Crippen LogP contribution >= 0.6 is 11.3 Å². The van der Waals surface area contributed by atoms with Gasteiger partial charge in [-0.3, -0.25) is 15.8 Å². The van der Waals surface area contributed by atoms with Gasteiger partial charge in [-0.2, -0.15) is 0 Å².